The van der Waals surface area contributed by atoms with Crippen LogP contribution in [-0.4, -0.2) is 47.6 Å². The molecule has 0 aliphatic carbocycles. The number of rotatable bonds is 7. The highest BCUT2D eigenvalue weighted by Crippen LogP contribution is 2.28. The highest BCUT2D eigenvalue weighted by molar-refractivity contribution is 9.10. The van der Waals surface area contributed by atoms with Gasteiger partial charge in [-0.1, -0.05) is 36.4 Å². The van der Waals surface area contributed by atoms with Crippen molar-refractivity contribution in [2.75, 3.05) is 32.1 Å². The van der Waals surface area contributed by atoms with E-state index >= 15 is 0 Å². The van der Waals surface area contributed by atoms with E-state index in [0.29, 0.717) is 6.42 Å². The summed E-state index contributed by atoms with van der Waals surface area (Å²) in [5, 5.41) is 10.9. The number of hydrogen-bond acceptors (Lipinski definition) is 6. The van der Waals surface area contributed by atoms with Crippen LogP contribution in [-0.2, 0) is 17.6 Å². The molecule has 0 unspecified atom stereocenters. The first kappa shape index (κ1) is 23.9. The lowest BCUT2D eigenvalue weighted by Gasteiger charge is -2.11. The monoisotopic (exact) mass is 521 g/mol. The second-order valence-corrected chi connectivity index (χ2v) is 8.87. The third-order valence-electron chi connectivity index (χ3n) is 5.60. The maximum Gasteiger partial charge on any atom is 0.172 e. The largest absolute Gasteiger partial charge is 0.493 e. The van der Waals surface area contributed by atoms with Gasteiger partial charge in [-0.15, -0.1) is 0 Å². The van der Waals surface area contributed by atoms with Gasteiger partial charge in [-0.05, 0) is 52.7 Å². The number of carbonyl (C=O) groups excluding carboxylic acids is 1. The van der Waals surface area contributed by atoms with Crippen LogP contribution in [0.2, 0.25) is 0 Å². The third kappa shape index (κ3) is 5.46. The van der Waals surface area contributed by atoms with Crippen molar-refractivity contribution < 1.29 is 9.53 Å². The van der Waals surface area contributed by atoms with Crippen LogP contribution in [0, 0.1) is 6.92 Å². The molecule has 5 rings (SSSR count). The minimum atomic E-state index is 0.507. The number of nitrogens with one attached hydrogen (secondary N) is 2. The molecule has 34 heavy (non-hydrogen) atoms. The van der Waals surface area contributed by atoms with Crippen molar-refractivity contribution in [2.24, 2.45) is 0 Å². The van der Waals surface area contributed by atoms with Crippen LogP contribution in [0.15, 0.2) is 59.2 Å². The number of ether oxygens (including phenoxy) is 1. The van der Waals surface area contributed by atoms with Gasteiger partial charge in [-0.3, -0.25) is 0 Å². The van der Waals surface area contributed by atoms with E-state index in [0.717, 1.165) is 70.9 Å². The number of hydrogen-bond donors (Lipinski definition) is 2. The zero-order valence-electron chi connectivity index (χ0n) is 19.3. The molecule has 1 aliphatic rings. The Morgan fingerprint density at radius 3 is 2.82 bits per heavy atom. The van der Waals surface area contributed by atoms with Crippen molar-refractivity contribution >= 4 is 33.7 Å². The van der Waals surface area contributed by atoms with E-state index < -0.39 is 0 Å². The summed E-state index contributed by atoms with van der Waals surface area (Å²) in [6.07, 6.45) is 4.18. The summed E-state index contributed by atoms with van der Waals surface area (Å²) in [5.41, 5.74) is 6.40. The molecular formula is C26H28BrN5O2. The fourth-order valence-corrected chi connectivity index (χ4v) is 4.19. The van der Waals surface area contributed by atoms with Crippen LogP contribution in [0.4, 0.5) is 5.82 Å². The Bertz CT molecular complexity index is 1290. The predicted molar refractivity (Wildman–Crippen MR) is 139 cm³/mol. The summed E-state index contributed by atoms with van der Waals surface area (Å²) in [4.78, 5) is 15.0. The van der Waals surface area contributed by atoms with Gasteiger partial charge in [0.25, 0.3) is 0 Å². The molecule has 7 nitrogen and oxygen atoms in total. The second kappa shape index (κ2) is 11.3. The molecule has 0 atom stereocenters. The van der Waals surface area contributed by atoms with Gasteiger partial charge >= 0.3 is 0 Å². The lowest BCUT2D eigenvalue weighted by molar-refractivity contribution is -0.107. The summed E-state index contributed by atoms with van der Waals surface area (Å²) < 4.78 is 8.05. The number of benzene rings is 2. The van der Waals surface area contributed by atoms with Crippen molar-refractivity contribution in [3.63, 3.8) is 0 Å². The number of aryl methyl sites for hydroxylation is 1. The second-order valence-electron chi connectivity index (χ2n) is 8.01. The Morgan fingerprint density at radius 1 is 1.18 bits per heavy atom. The highest BCUT2D eigenvalue weighted by atomic mass is 79.9. The van der Waals surface area contributed by atoms with Crippen LogP contribution < -0.4 is 15.4 Å². The zero-order chi connectivity index (χ0) is 23.9. The molecule has 8 heteroatoms. The molecule has 0 fully saturated rings. The van der Waals surface area contributed by atoms with Crippen molar-refractivity contribution in [1.82, 2.24) is 19.9 Å². The molecule has 0 radical (unpaired) electrons. The van der Waals surface area contributed by atoms with E-state index in [2.05, 4.69) is 56.8 Å². The maximum atomic E-state index is 10.2. The number of anilines is 1. The maximum absolute atomic E-state index is 10.2. The first-order chi connectivity index (χ1) is 16.6. The Balaban J connectivity index is 0.000000192. The normalized spacial score (nSPS) is 12.0. The number of nitrogens with zero attached hydrogens (tertiary/aromatic N) is 3. The SMILES string of the molecule is CNCCNc1cc(-c2ccccc2C)nc2c(Br)cnn12.O=CCc1ccc2c(c1)CCO2. The molecule has 0 spiro atoms. The van der Waals surface area contributed by atoms with E-state index in [4.69, 9.17) is 9.72 Å². The number of carbonyl (C=O) groups is 1. The van der Waals surface area contributed by atoms with E-state index in [1.54, 1.807) is 6.20 Å². The van der Waals surface area contributed by atoms with E-state index in [1.165, 1.54) is 11.1 Å². The van der Waals surface area contributed by atoms with Crippen LogP contribution >= 0.6 is 15.9 Å². The van der Waals surface area contributed by atoms with Gasteiger partial charge in [0.15, 0.2) is 5.65 Å². The fourth-order valence-electron chi connectivity index (χ4n) is 3.84. The number of aldehydes is 1. The van der Waals surface area contributed by atoms with Gasteiger partial charge in [0.1, 0.15) is 17.9 Å². The summed E-state index contributed by atoms with van der Waals surface area (Å²) in [7, 11) is 1.94. The fraction of sp³-hybridized carbons (Fsp3) is 0.269. The zero-order valence-corrected chi connectivity index (χ0v) is 20.9. The first-order valence-corrected chi connectivity index (χ1v) is 12.1. The smallest absolute Gasteiger partial charge is 0.172 e. The summed E-state index contributed by atoms with van der Waals surface area (Å²) in [6.45, 7) is 4.58. The van der Waals surface area contributed by atoms with Crippen molar-refractivity contribution in [3.8, 4) is 17.0 Å². The van der Waals surface area contributed by atoms with Gasteiger partial charge < -0.3 is 20.2 Å². The van der Waals surface area contributed by atoms with Gasteiger partial charge in [0, 0.05) is 37.6 Å². The molecule has 0 amide bonds. The number of likely N-dealkylation sites (N-methyl/N-ethyl adjacent to an activating group) is 1. The van der Waals surface area contributed by atoms with Crippen molar-refractivity contribution in [1.29, 1.82) is 0 Å². The molecule has 3 heterocycles. The molecule has 0 saturated carbocycles. The lowest BCUT2D eigenvalue weighted by Crippen LogP contribution is -2.19. The van der Waals surface area contributed by atoms with Crippen molar-refractivity contribution in [2.45, 2.75) is 19.8 Å². The minimum Gasteiger partial charge on any atom is -0.493 e. The van der Waals surface area contributed by atoms with Gasteiger partial charge in [-0.25, -0.2) is 4.98 Å². The van der Waals surface area contributed by atoms with Gasteiger partial charge in [0.2, 0.25) is 0 Å². The average molecular weight is 522 g/mol. The van der Waals surface area contributed by atoms with Crippen LogP contribution in [0.25, 0.3) is 16.9 Å². The molecular weight excluding hydrogens is 494 g/mol. The molecule has 2 aromatic carbocycles. The van der Waals surface area contributed by atoms with Crippen molar-refractivity contribution in [3.05, 3.63) is 75.9 Å². The van der Waals surface area contributed by atoms with Crippen LogP contribution in [0.5, 0.6) is 5.75 Å². The molecule has 4 aromatic rings. The highest BCUT2D eigenvalue weighted by Gasteiger charge is 2.13. The molecule has 1 aliphatic heterocycles. The minimum absolute atomic E-state index is 0.507. The summed E-state index contributed by atoms with van der Waals surface area (Å²) in [5.74, 6) is 1.91. The van der Waals surface area contributed by atoms with E-state index in [1.807, 2.05) is 41.9 Å². The molecule has 176 valence electrons. The van der Waals surface area contributed by atoms with Crippen LogP contribution in [0.3, 0.4) is 0 Å². The standard InChI is InChI=1S/C16H18BrN5.C10H10O2/c1-11-5-3-4-6-12(11)14-9-15(19-8-7-18-2)22-16(21-14)13(17)10-20-22;11-5-3-8-1-2-10-9(7-8)4-6-12-10/h3-6,9-10,18-19H,7-8H2,1-2H3;1-2,5,7H,3-4,6H2. The average Bonchev–Trinajstić information content (AvgIpc) is 3.46. The number of aromatic nitrogens is 3. The quantitative estimate of drug-likeness (QED) is 0.276. The predicted octanol–water partition coefficient (Wildman–Crippen LogP) is 4.46. The number of halogens is 1. The topological polar surface area (TPSA) is 80.5 Å². The molecule has 0 bridgehead atoms. The molecule has 0 saturated heterocycles. The van der Waals surface area contributed by atoms with Gasteiger partial charge in [-0.2, -0.15) is 9.61 Å². The summed E-state index contributed by atoms with van der Waals surface area (Å²) in [6, 6.07) is 16.3. The third-order valence-corrected chi connectivity index (χ3v) is 6.16. The Kier molecular flexibility index (Phi) is 7.92. The van der Waals surface area contributed by atoms with E-state index in [-0.39, 0.29) is 0 Å². The van der Waals surface area contributed by atoms with Crippen LogP contribution in [0.1, 0.15) is 16.7 Å². The Morgan fingerprint density at radius 2 is 2.03 bits per heavy atom. The number of fused-ring (bicyclic) bond motifs is 2. The molecule has 2 aromatic heterocycles. The van der Waals surface area contributed by atoms with E-state index in [9.17, 15) is 4.79 Å². The van der Waals surface area contributed by atoms with Gasteiger partial charge in [0.05, 0.1) is 23.0 Å². The Hall–Kier alpha value is -3.23. The Labute approximate surface area is 207 Å². The lowest BCUT2D eigenvalue weighted by atomic mass is 10.1. The summed E-state index contributed by atoms with van der Waals surface area (Å²) >= 11 is 3.52. The molecule has 2 N–H and O–H groups in total. The first-order valence-electron chi connectivity index (χ1n) is 11.3.